The average molecular weight is 597 g/mol. The van der Waals surface area contributed by atoms with Crippen LogP contribution < -0.4 is 21.2 Å². The van der Waals surface area contributed by atoms with Crippen molar-refractivity contribution in [3.05, 3.63) is 113 Å². The minimum absolute atomic E-state index is 0.0139. The number of aromatic hydroxyl groups is 1. The van der Waals surface area contributed by atoms with Crippen molar-refractivity contribution in [3.8, 4) is 5.75 Å². The van der Waals surface area contributed by atoms with Crippen molar-refractivity contribution in [2.75, 3.05) is 0 Å². The van der Waals surface area contributed by atoms with Crippen LogP contribution in [0.1, 0.15) is 96.9 Å². The van der Waals surface area contributed by atoms with Crippen LogP contribution in [0.2, 0.25) is 0 Å². The van der Waals surface area contributed by atoms with Crippen LogP contribution in [0.3, 0.4) is 0 Å². The van der Waals surface area contributed by atoms with Crippen molar-refractivity contribution >= 4 is 37.7 Å². The number of phenolic OH excluding ortho intramolecular Hbond substituents is 1. The van der Waals surface area contributed by atoms with Crippen LogP contribution in [-0.4, -0.2) is 5.11 Å². The molecule has 0 saturated carbocycles. The minimum Gasteiger partial charge on any atom is -0.507 e. The van der Waals surface area contributed by atoms with E-state index in [0.29, 0.717) is 14.3 Å². The maximum atomic E-state index is 12.1. The Kier molecular flexibility index (Phi) is 10.1. The molecule has 0 aliphatic rings. The Balaban J connectivity index is 2.00. The van der Waals surface area contributed by atoms with E-state index < -0.39 is 7.92 Å². The molecule has 2 atom stereocenters. The van der Waals surface area contributed by atoms with Crippen molar-refractivity contribution in [1.29, 1.82) is 0 Å². The van der Waals surface area contributed by atoms with Crippen LogP contribution in [-0.2, 0) is 16.0 Å². The van der Waals surface area contributed by atoms with E-state index in [0.717, 1.165) is 30.4 Å². The molecule has 1 nitrogen and oxygen atoms in total. The summed E-state index contributed by atoms with van der Waals surface area (Å²) in [6.07, 6.45) is 3.08. The highest BCUT2D eigenvalue weighted by Gasteiger charge is 2.38. The van der Waals surface area contributed by atoms with Crippen LogP contribution >= 0.6 is 16.5 Å². The summed E-state index contributed by atoms with van der Waals surface area (Å²) in [5, 5.41) is 17.6. The molecule has 4 rings (SSSR count). The van der Waals surface area contributed by atoms with E-state index >= 15 is 0 Å². The molecule has 4 aromatic carbocycles. The molecule has 0 saturated heterocycles. The van der Waals surface area contributed by atoms with E-state index in [-0.39, 0.29) is 16.0 Å². The molecule has 4 aromatic rings. The number of benzene rings is 4. The van der Waals surface area contributed by atoms with Gasteiger partial charge in [-0.2, -0.15) is 0 Å². The van der Waals surface area contributed by atoms with Gasteiger partial charge >= 0.3 is 0 Å². The van der Waals surface area contributed by atoms with Gasteiger partial charge in [-0.15, -0.1) is 0 Å². The lowest BCUT2D eigenvalue weighted by molar-refractivity contribution is 0.418. The van der Waals surface area contributed by atoms with Crippen molar-refractivity contribution in [3.63, 3.8) is 0 Å². The lowest BCUT2D eigenvalue weighted by Crippen LogP contribution is -2.34. The molecule has 2 unspecified atom stereocenters. The van der Waals surface area contributed by atoms with Crippen molar-refractivity contribution in [2.45, 2.75) is 97.6 Å². The fourth-order valence-electron chi connectivity index (χ4n) is 5.97. The average Bonchev–Trinajstić information content (AvgIpc) is 2.94. The zero-order valence-corrected chi connectivity index (χ0v) is 29.1. The van der Waals surface area contributed by atoms with Gasteiger partial charge in [-0.3, -0.25) is 0 Å². The van der Waals surface area contributed by atoms with Crippen LogP contribution in [0.5, 0.6) is 5.75 Å². The van der Waals surface area contributed by atoms with Crippen LogP contribution in [0.4, 0.5) is 0 Å². The molecule has 0 aliphatic carbocycles. The molecule has 0 bridgehead atoms. The van der Waals surface area contributed by atoms with Crippen molar-refractivity contribution in [1.82, 2.24) is 0 Å². The predicted molar refractivity (Wildman–Crippen MR) is 190 cm³/mol. The number of aryl methyl sites for hydroxylation is 1. The fourth-order valence-corrected chi connectivity index (χ4v) is 10.8. The standard InChI is InChI=1S/C39H50OP2/c1-10-25-39(11-2,33-27-29(37(4,5)6)26-32(35(33)40)38(7,8)9)41-36-28(3)19-18-24-34(36)42(30-20-14-12-15-21-30)31-22-16-13-17-23-31/h12-24,26-27,40-41H,10-11,25H2,1-9H3. The maximum Gasteiger partial charge on any atom is 0.123 e. The molecule has 0 heterocycles. The zero-order chi connectivity index (χ0) is 30.7. The van der Waals surface area contributed by atoms with Gasteiger partial charge in [0.15, 0.2) is 0 Å². The molecule has 0 aliphatic heterocycles. The molecule has 0 aromatic heterocycles. The van der Waals surface area contributed by atoms with Gasteiger partial charge in [0.2, 0.25) is 0 Å². The second kappa shape index (κ2) is 13.0. The first-order chi connectivity index (χ1) is 19.8. The van der Waals surface area contributed by atoms with Gasteiger partial charge in [0.25, 0.3) is 0 Å². The van der Waals surface area contributed by atoms with E-state index in [4.69, 9.17) is 0 Å². The summed E-state index contributed by atoms with van der Waals surface area (Å²) in [5.74, 6) is 0.502. The normalized spacial score (nSPS) is 14.0. The second-order valence-corrected chi connectivity index (χ2v) is 17.6. The summed E-state index contributed by atoms with van der Waals surface area (Å²) in [6, 6.07) is 33.6. The van der Waals surface area contributed by atoms with Crippen molar-refractivity contribution < 1.29 is 5.11 Å². The Morgan fingerprint density at radius 1 is 0.690 bits per heavy atom. The quantitative estimate of drug-likeness (QED) is 0.191. The Bertz CT molecular complexity index is 1440. The van der Waals surface area contributed by atoms with E-state index in [1.165, 1.54) is 32.3 Å². The van der Waals surface area contributed by atoms with E-state index in [1.807, 2.05) is 0 Å². The summed E-state index contributed by atoms with van der Waals surface area (Å²) in [5.41, 5.74) is 4.68. The van der Waals surface area contributed by atoms with Crippen LogP contribution in [0.25, 0.3) is 0 Å². The summed E-state index contributed by atoms with van der Waals surface area (Å²) in [7, 11) is -0.189. The van der Waals surface area contributed by atoms with Crippen molar-refractivity contribution in [2.24, 2.45) is 0 Å². The van der Waals surface area contributed by atoms with E-state index in [9.17, 15) is 5.11 Å². The summed E-state index contributed by atoms with van der Waals surface area (Å²) >= 11 is 0. The van der Waals surface area contributed by atoms with Crippen LogP contribution in [0, 0.1) is 6.92 Å². The Labute approximate surface area is 258 Å². The van der Waals surface area contributed by atoms with E-state index in [1.54, 1.807) is 0 Å². The molecule has 0 radical (unpaired) electrons. The van der Waals surface area contributed by atoms with Gasteiger partial charge in [-0.1, -0.05) is 161 Å². The summed E-state index contributed by atoms with van der Waals surface area (Å²) in [6.45, 7) is 20.4. The smallest absolute Gasteiger partial charge is 0.123 e. The van der Waals surface area contributed by atoms with Gasteiger partial charge in [-0.25, -0.2) is 0 Å². The third kappa shape index (κ3) is 6.85. The first kappa shape index (κ1) is 32.5. The Morgan fingerprint density at radius 3 is 1.71 bits per heavy atom. The van der Waals surface area contributed by atoms with Gasteiger partial charge in [0.05, 0.1) is 0 Å². The molecule has 0 fully saturated rings. The second-order valence-electron chi connectivity index (χ2n) is 13.7. The number of hydrogen-bond acceptors (Lipinski definition) is 1. The lowest BCUT2D eigenvalue weighted by Gasteiger charge is -2.39. The van der Waals surface area contributed by atoms with Gasteiger partial charge in [0.1, 0.15) is 5.75 Å². The zero-order valence-electron chi connectivity index (χ0n) is 27.2. The molecular weight excluding hydrogens is 546 g/mol. The predicted octanol–water partition coefficient (Wildman–Crippen LogP) is 9.46. The fraction of sp³-hybridized carbons (Fsp3) is 0.385. The number of phenols is 1. The first-order valence-corrected chi connectivity index (χ1v) is 17.8. The topological polar surface area (TPSA) is 20.2 Å². The van der Waals surface area contributed by atoms with Gasteiger partial charge in [-0.05, 0) is 76.4 Å². The monoisotopic (exact) mass is 596 g/mol. The maximum absolute atomic E-state index is 12.1. The largest absolute Gasteiger partial charge is 0.507 e. The first-order valence-electron chi connectivity index (χ1n) is 15.5. The summed E-state index contributed by atoms with van der Waals surface area (Å²) in [4.78, 5) is 0. The highest BCUT2D eigenvalue weighted by atomic mass is 31.1. The summed E-state index contributed by atoms with van der Waals surface area (Å²) < 4.78 is 0. The minimum atomic E-state index is -0.732. The molecule has 0 spiro atoms. The van der Waals surface area contributed by atoms with Crippen LogP contribution in [0.15, 0.2) is 91.0 Å². The highest BCUT2D eigenvalue weighted by Crippen LogP contribution is 2.54. The Hall–Kier alpha value is -2.46. The van der Waals surface area contributed by atoms with Gasteiger partial charge in [0, 0.05) is 10.7 Å². The molecule has 0 amide bonds. The third-order valence-corrected chi connectivity index (χ3v) is 13.4. The SMILES string of the molecule is CCCC(CC)(Pc1c(C)cccc1P(c1ccccc1)c1ccccc1)c1cc(C(C)(C)C)cc(C(C)(C)C)c1O. The number of rotatable bonds is 9. The van der Waals surface area contributed by atoms with Gasteiger partial charge < -0.3 is 5.11 Å². The van der Waals surface area contributed by atoms with E-state index in [2.05, 4.69) is 153 Å². The number of hydrogen-bond donors (Lipinski definition) is 1. The lowest BCUT2D eigenvalue weighted by atomic mass is 9.76. The molecule has 1 N–H and O–H groups in total. The molecule has 222 valence electrons. The molecule has 3 heteroatoms. The highest BCUT2D eigenvalue weighted by molar-refractivity contribution is 7.81. The third-order valence-electron chi connectivity index (χ3n) is 8.46. The molecular formula is C39H50OP2. The Morgan fingerprint density at radius 2 is 1.24 bits per heavy atom. The molecule has 42 heavy (non-hydrogen) atoms.